The van der Waals surface area contributed by atoms with E-state index in [1.165, 1.54) is 0 Å². The van der Waals surface area contributed by atoms with Crippen LogP contribution in [0.2, 0.25) is 0 Å². The van der Waals surface area contributed by atoms with Crippen molar-refractivity contribution in [3.63, 3.8) is 0 Å². The largest absolute Gasteiger partial charge is 1.00 e. The van der Waals surface area contributed by atoms with Gasteiger partial charge in [0, 0.05) is 6.10 Å². The molecule has 5 heteroatoms. The molecule has 0 aromatic carbocycles. The summed E-state index contributed by atoms with van der Waals surface area (Å²) in [5.74, 6) is 0. The van der Waals surface area contributed by atoms with E-state index < -0.39 is 7.32 Å². The molecule has 1 atom stereocenters. The van der Waals surface area contributed by atoms with Gasteiger partial charge in [0.05, 0.1) is 0 Å². The first-order valence-electron chi connectivity index (χ1n) is 2.68. The first kappa shape index (κ1) is 12.2. The Kier molecular flexibility index (Phi) is 9.06. The summed E-state index contributed by atoms with van der Waals surface area (Å²) in [5, 5.41) is 16.4. The van der Waals surface area contributed by atoms with Crippen molar-refractivity contribution >= 4 is 7.32 Å². The molecule has 0 aliphatic heterocycles. The van der Waals surface area contributed by atoms with Gasteiger partial charge in [0.2, 0.25) is 0 Å². The molecular weight excluding hydrogens is 114 g/mol. The molecule has 0 aliphatic carbocycles. The van der Waals surface area contributed by atoms with Gasteiger partial charge in [-0.1, -0.05) is 6.92 Å². The van der Waals surface area contributed by atoms with Crippen molar-refractivity contribution in [2.45, 2.75) is 26.4 Å². The Morgan fingerprint density at radius 2 is 2.11 bits per heavy atom. The molecule has 0 saturated heterocycles. The second-order valence-electron chi connectivity index (χ2n) is 1.68. The maximum atomic E-state index is 8.19. The Balaban J connectivity index is -0.000000245. The van der Waals surface area contributed by atoms with Gasteiger partial charge in [0.15, 0.2) is 0 Å². The van der Waals surface area contributed by atoms with Crippen molar-refractivity contribution < 1.29 is 35.0 Å². The minimum absolute atomic E-state index is 0. The molecule has 0 spiro atoms. The fourth-order valence-electron chi connectivity index (χ4n) is 0.304. The van der Waals surface area contributed by atoms with Gasteiger partial charge in [0.1, 0.15) is 0 Å². The first-order valence-corrected chi connectivity index (χ1v) is 2.68. The van der Waals surface area contributed by atoms with Crippen LogP contribution in [0.5, 0.6) is 0 Å². The Hall–Kier alpha value is 0.542. The Morgan fingerprint density at radius 1 is 1.67 bits per heavy atom. The Bertz CT molecular complexity index is 66.5. The summed E-state index contributed by atoms with van der Waals surface area (Å²) in [5.41, 5.74) is 0. The van der Waals surface area contributed by atoms with Crippen LogP contribution in [0.3, 0.4) is 0 Å². The molecule has 0 saturated carbocycles. The van der Waals surface area contributed by atoms with Crippen LogP contribution in [0.4, 0.5) is 0 Å². The normalized spacial score (nSPS) is 12.0. The van der Waals surface area contributed by atoms with Crippen LogP contribution in [0.25, 0.3) is 0 Å². The van der Waals surface area contributed by atoms with Crippen molar-refractivity contribution in [2.75, 3.05) is 0 Å². The molecule has 0 rings (SSSR count). The molecule has 50 valence electrons. The van der Waals surface area contributed by atoms with Crippen LogP contribution in [0.15, 0.2) is 0 Å². The minimum Gasteiger partial charge on any atom is -1.00 e. The molecule has 0 amide bonds. The second kappa shape index (κ2) is 6.66. The molecule has 1 unspecified atom stereocenters. The van der Waals surface area contributed by atoms with Crippen molar-refractivity contribution in [1.29, 1.82) is 0 Å². The third kappa shape index (κ3) is 8.54. The summed E-state index contributed by atoms with van der Waals surface area (Å²) in [7, 11) is -1.62. The van der Waals surface area contributed by atoms with E-state index in [0.29, 0.717) is 0 Å². The van der Waals surface area contributed by atoms with Crippen molar-refractivity contribution in [2.24, 2.45) is 0 Å². The monoisotopic (exact) mass is 126 g/mol. The standard InChI is InChI=1S/C4H11BO3.Li.H/c1-3-4(2)8-5(6)7;;/h4,6-7H,3H2,1-2H3;;/q;+1;-1. The van der Waals surface area contributed by atoms with E-state index in [9.17, 15) is 0 Å². The third-order valence-corrected chi connectivity index (χ3v) is 0.929. The Morgan fingerprint density at radius 3 is 2.22 bits per heavy atom. The SMILES string of the molecule is CCC(C)OB(O)O.[H-].[Li+]. The van der Waals surface area contributed by atoms with Gasteiger partial charge in [-0.25, -0.2) is 0 Å². The number of hydrogen-bond acceptors (Lipinski definition) is 3. The van der Waals surface area contributed by atoms with Crippen molar-refractivity contribution in [1.82, 2.24) is 0 Å². The molecule has 2 N–H and O–H groups in total. The van der Waals surface area contributed by atoms with Crippen LogP contribution < -0.4 is 18.9 Å². The van der Waals surface area contributed by atoms with Gasteiger partial charge in [-0.3, -0.25) is 0 Å². The van der Waals surface area contributed by atoms with Crippen LogP contribution in [0.1, 0.15) is 21.7 Å². The van der Waals surface area contributed by atoms with Gasteiger partial charge in [-0.05, 0) is 13.3 Å². The van der Waals surface area contributed by atoms with Gasteiger partial charge in [0.25, 0.3) is 0 Å². The minimum atomic E-state index is -1.62. The van der Waals surface area contributed by atoms with Crippen LogP contribution in [-0.4, -0.2) is 23.5 Å². The maximum Gasteiger partial charge on any atom is 1.00 e. The van der Waals surface area contributed by atoms with Gasteiger partial charge in [-0.2, -0.15) is 0 Å². The average molecular weight is 126 g/mol. The zero-order valence-corrected chi connectivity index (χ0v) is 6.16. The zero-order valence-electron chi connectivity index (χ0n) is 7.16. The average Bonchev–Trinajstić information content (AvgIpc) is 1.65. The summed E-state index contributed by atoms with van der Waals surface area (Å²) >= 11 is 0. The maximum absolute atomic E-state index is 8.19. The van der Waals surface area contributed by atoms with E-state index in [1.54, 1.807) is 6.92 Å². The molecule has 0 aromatic heterocycles. The molecule has 0 heterocycles. The van der Waals surface area contributed by atoms with E-state index in [0.717, 1.165) is 6.42 Å². The molecule has 0 aliphatic rings. The van der Waals surface area contributed by atoms with Gasteiger partial charge >= 0.3 is 26.2 Å². The van der Waals surface area contributed by atoms with E-state index >= 15 is 0 Å². The smallest absolute Gasteiger partial charge is 1.00 e. The number of rotatable bonds is 3. The summed E-state index contributed by atoms with van der Waals surface area (Å²) in [4.78, 5) is 0. The summed E-state index contributed by atoms with van der Waals surface area (Å²) in [6, 6.07) is 0. The summed E-state index contributed by atoms with van der Waals surface area (Å²) in [6.07, 6.45) is 0.715. The predicted molar refractivity (Wildman–Crippen MR) is 32.1 cm³/mol. The topological polar surface area (TPSA) is 49.7 Å². The van der Waals surface area contributed by atoms with E-state index in [2.05, 4.69) is 4.65 Å². The zero-order chi connectivity index (χ0) is 6.57. The molecule has 3 nitrogen and oxygen atoms in total. The van der Waals surface area contributed by atoms with Crippen molar-refractivity contribution in [3.05, 3.63) is 0 Å². The third-order valence-electron chi connectivity index (χ3n) is 0.929. The van der Waals surface area contributed by atoms with E-state index in [1.807, 2.05) is 6.92 Å². The molecular formula is C4H12BLiO3. The van der Waals surface area contributed by atoms with Crippen molar-refractivity contribution in [3.8, 4) is 0 Å². The first-order chi connectivity index (χ1) is 3.66. The fraction of sp³-hybridized carbons (Fsp3) is 1.00. The number of hydrogen-bond donors (Lipinski definition) is 2. The summed E-state index contributed by atoms with van der Waals surface area (Å²) in [6.45, 7) is 3.69. The van der Waals surface area contributed by atoms with Gasteiger partial charge in [-0.15, -0.1) is 0 Å². The predicted octanol–water partition coefficient (Wildman–Crippen LogP) is -3.11. The summed E-state index contributed by atoms with van der Waals surface area (Å²) < 4.78 is 4.51. The Labute approximate surface area is 69.2 Å². The second-order valence-corrected chi connectivity index (χ2v) is 1.68. The molecule has 9 heavy (non-hydrogen) atoms. The molecule has 0 bridgehead atoms. The van der Waals surface area contributed by atoms with Gasteiger partial charge < -0.3 is 16.1 Å². The molecule has 0 fully saturated rings. The van der Waals surface area contributed by atoms with Crippen LogP contribution >= 0.6 is 0 Å². The van der Waals surface area contributed by atoms with Crippen LogP contribution in [-0.2, 0) is 4.65 Å². The quantitative estimate of drug-likeness (QED) is 0.393. The molecule has 0 radical (unpaired) electrons. The fourth-order valence-corrected chi connectivity index (χ4v) is 0.304. The van der Waals surface area contributed by atoms with E-state index in [4.69, 9.17) is 10.0 Å². The van der Waals surface area contributed by atoms with Crippen LogP contribution in [0, 0.1) is 0 Å². The van der Waals surface area contributed by atoms with E-state index in [-0.39, 0.29) is 26.4 Å². The molecule has 0 aromatic rings.